The predicted molar refractivity (Wildman–Crippen MR) is 92.2 cm³/mol. The highest BCUT2D eigenvalue weighted by Gasteiger charge is 2.37. The van der Waals surface area contributed by atoms with Gasteiger partial charge >= 0.3 is 0 Å². The van der Waals surface area contributed by atoms with Gasteiger partial charge in [-0.15, -0.1) is 0 Å². The van der Waals surface area contributed by atoms with Crippen LogP contribution in [0.4, 0.5) is 0 Å². The van der Waals surface area contributed by atoms with Gasteiger partial charge in [0.1, 0.15) is 0 Å². The van der Waals surface area contributed by atoms with E-state index in [1.165, 1.54) is 0 Å². The third-order valence-electron chi connectivity index (χ3n) is 4.89. The maximum atomic E-state index is 12.6. The van der Waals surface area contributed by atoms with Crippen molar-refractivity contribution in [2.24, 2.45) is 0 Å². The summed E-state index contributed by atoms with van der Waals surface area (Å²) < 4.78 is 0. The highest BCUT2D eigenvalue weighted by atomic mass is 16.2. The van der Waals surface area contributed by atoms with Crippen LogP contribution in [0.1, 0.15) is 50.9 Å². The largest absolute Gasteiger partial charge is 0.347 e. The third kappa shape index (κ3) is 4.10. The zero-order valence-electron chi connectivity index (χ0n) is 14.6. The Kier molecular flexibility index (Phi) is 5.63. The lowest BCUT2D eigenvalue weighted by Crippen LogP contribution is -2.53. The number of carbonyl (C=O) groups excluding carboxylic acids is 1. The second kappa shape index (κ2) is 6.65. The van der Waals surface area contributed by atoms with E-state index < -0.39 is 0 Å². The molecule has 3 nitrogen and oxygen atoms in total. The number of rotatable bonds is 6. The summed E-state index contributed by atoms with van der Waals surface area (Å²) in [5, 5.41) is 0. The summed E-state index contributed by atoms with van der Waals surface area (Å²) >= 11 is 0. The van der Waals surface area contributed by atoms with Gasteiger partial charge < -0.3 is 9.71 Å². The molecule has 116 valence electrons. The van der Waals surface area contributed by atoms with Crippen LogP contribution in [0.3, 0.4) is 0 Å². The van der Waals surface area contributed by atoms with Crippen molar-refractivity contribution in [3.05, 3.63) is 35.9 Å². The van der Waals surface area contributed by atoms with E-state index in [2.05, 4.69) is 47.5 Å². The van der Waals surface area contributed by atoms with E-state index in [0.717, 1.165) is 18.4 Å². The molecule has 0 heterocycles. The van der Waals surface area contributed by atoms with Crippen LogP contribution < -0.4 is 0 Å². The first-order chi connectivity index (χ1) is 9.64. The molecule has 1 aromatic carbocycles. The zero-order valence-corrected chi connectivity index (χ0v) is 14.6. The Hall–Kier alpha value is -1.29. The van der Waals surface area contributed by atoms with Gasteiger partial charge in [0.25, 0.3) is 5.91 Å². The Bertz CT molecular complexity index is 473. The molecule has 0 fully saturated rings. The molecular formula is C17H29BN2O. The third-order valence-corrected chi connectivity index (χ3v) is 4.89. The number of hydrogen-bond acceptors (Lipinski definition) is 2. The lowest BCUT2D eigenvalue weighted by atomic mass is 9.80. The minimum absolute atomic E-state index is 0.0781. The molecule has 0 N–H and O–H groups in total. The molecule has 0 aliphatic heterocycles. The summed E-state index contributed by atoms with van der Waals surface area (Å²) in [5.74, 6) is 0.0813. The van der Waals surface area contributed by atoms with Gasteiger partial charge in [-0.25, -0.2) is 0 Å². The molecule has 4 heteroatoms. The van der Waals surface area contributed by atoms with Crippen LogP contribution in [0.5, 0.6) is 0 Å². The molecule has 0 aromatic heterocycles. The van der Waals surface area contributed by atoms with Gasteiger partial charge in [-0.3, -0.25) is 4.79 Å². The molecule has 0 saturated heterocycles. The molecule has 21 heavy (non-hydrogen) atoms. The van der Waals surface area contributed by atoms with Crippen LogP contribution in [-0.2, 0) is 0 Å². The average molecular weight is 288 g/mol. The van der Waals surface area contributed by atoms with Gasteiger partial charge in [0.15, 0.2) is 7.98 Å². The van der Waals surface area contributed by atoms with E-state index in [1.54, 1.807) is 0 Å². The van der Waals surface area contributed by atoms with Crippen molar-refractivity contribution in [2.75, 3.05) is 14.1 Å². The standard InChI is InChI=1S/C17H29BN2O/c1-7-17(4,20(6)18)13-16(2,3)19(5)15(21)14-11-9-8-10-12-14/h8-12H,7,13,18H2,1-6H3. The van der Waals surface area contributed by atoms with Gasteiger partial charge in [0, 0.05) is 23.7 Å². The van der Waals surface area contributed by atoms with E-state index >= 15 is 0 Å². The molecule has 1 atom stereocenters. The second-order valence-electron chi connectivity index (χ2n) is 6.96. The van der Waals surface area contributed by atoms with Crippen molar-refractivity contribution in [2.45, 2.75) is 51.6 Å². The molecule has 1 aromatic rings. The number of carbonyl (C=O) groups is 1. The Morgan fingerprint density at radius 3 is 2.10 bits per heavy atom. The minimum atomic E-state index is -0.206. The molecule has 0 aliphatic carbocycles. The fraction of sp³-hybridized carbons (Fsp3) is 0.588. The fourth-order valence-corrected chi connectivity index (χ4v) is 2.70. The summed E-state index contributed by atoms with van der Waals surface area (Å²) in [5.41, 5.74) is 0.618. The number of nitrogens with zero attached hydrogens (tertiary/aromatic N) is 2. The SMILES string of the molecule is BN(C)C(C)(CC)CC(C)(C)N(C)C(=O)c1ccccc1. The van der Waals surface area contributed by atoms with Crippen molar-refractivity contribution >= 4 is 13.9 Å². The summed E-state index contributed by atoms with van der Waals surface area (Å²) in [4.78, 5) is 16.8. The number of benzene rings is 1. The van der Waals surface area contributed by atoms with Crippen LogP contribution in [0, 0.1) is 0 Å². The highest BCUT2D eigenvalue weighted by Crippen LogP contribution is 2.31. The van der Waals surface area contributed by atoms with E-state index in [4.69, 9.17) is 0 Å². The summed E-state index contributed by atoms with van der Waals surface area (Å²) in [6.45, 7) is 8.75. The normalized spacial score (nSPS) is 14.8. The monoisotopic (exact) mass is 288 g/mol. The zero-order chi connectivity index (χ0) is 16.3. The summed E-state index contributed by atoms with van der Waals surface area (Å²) in [6, 6.07) is 9.50. The van der Waals surface area contributed by atoms with E-state index in [1.807, 2.05) is 42.3 Å². The molecule has 1 amide bonds. The van der Waals surface area contributed by atoms with Gasteiger partial charge in [0.2, 0.25) is 0 Å². The summed E-state index contributed by atoms with van der Waals surface area (Å²) in [6.07, 6.45) is 1.98. The van der Waals surface area contributed by atoms with Gasteiger partial charge in [-0.2, -0.15) is 0 Å². The van der Waals surface area contributed by atoms with Crippen molar-refractivity contribution in [1.29, 1.82) is 0 Å². The van der Waals surface area contributed by atoms with Crippen LogP contribution in [0.2, 0.25) is 0 Å². The lowest BCUT2D eigenvalue weighted by molar-refractivity contribution is 0.0488. The van der Waals surface area contributed by atoms with E-state index in [-0.39, 0.29) is 17.0 Å². The smallest absolute Gasteiger partial charge is 0.254 e. The topological polar surface area (TPSA) is 23.6 Å². The van der Waals surface area contributed by atoms with Gasteiger partial charge in [-0.1, -0.05) is 25.1 Å². The first-order valence-corrected chi connectivity index (χ1v) is 7.65. The van der Waals surface area contributed by atoms with Crippen molar-refractivity contribution in [3.8, 4) is 0 Å². The van der Waals surface area contributed by atoms with Crippen LogP contribution in [0.15, 0.2) is 30.3 Å². The van der Waals surface area contributed by atoms with Gasteiger partial charge in [-0.05, 0) is 52.8 Å². The first-order valence-electron chi connectivity index (χ1n) is 7.65. The van der Waals surface area contributed by atoms with E-state index in [9.17, 15) is 4.79 Å². The predicted octanol–water partition coefficient (Wildman–Crippen LogP) is 2.58. The Labute approximate surface area is 130 Å². The van der Waals surface area contributed by atoms with Crippen LogP contribution in [-0.4, -0.2) is 48.8 Å². The molecule has 0 bridgehead atoms. The molecule has 1 unspecified atom stereocenters. The maximum absolute atomic E-state index is 12.6. The quantitative estimate of drug-likeness (QED) is 0.751. The summed E-state index contributed by atoms with van der Waals surface area (Å²) in [7, 11) is 6.12. The Balaban J connectivity index is 2.94. The van der Waals surface area contributed by atoms with Crippen molar-refractivity contribution in [3.63, 3.8) is 0 Å². The highest BCUT2D eigenvalue weighted by molar-refractivity contribution is 6.04. The molecule has 0 saturated carbocycles. The van der Waals surface area contributed by atoms with Crippen LogP contribution >= 0.6 is 0 Å². The Morgan fingerprint density at radius 1 is 1.14 bits per heavy atom. The fourth-order valence-electron chi connectivity index (χ4n) is 2.70. The second-order valence-corrected chi connectivity index (χ2v) is 6.96. The molecule has 1 rings (SSSR count). The lowest BCUT2D eigenvalue weighted by Gasteiger charge is -2.46. The number of hydrogen-bond donors (Lipinski definition) is 0. The average Bonchev–Trinajstić information content (AvgIpc) is 2.45. The molecule has 0 spiro atoms. The van der Waals surface area contributed by atoms with Crippen molar-refractivity contribution in [1.82, 2.24) is 9.71 Å². The Morgan fingerprint density at radius 2 is 1.67 bits per heavy atom. The maximum Gasteiger partial charge on any atom is 0.254 e. The minimum Gasteiger partial charge on any atom is -0.347 e. The van der Waals surface area contributed by atoms with E-state index in [0.29, 0.717) is 0 Å². The molecule has 0 aliphatic rings. The van der Waals surface area contributed by atoms with Gasteiger partial charge in [0.05, 0.1) is 0 Å². The molecular weight excluding hydrogens is 259 g/mol. The first kappa shape index (κ1) is 17.8. The van der Waals surface area contributed by atoms with Crippen LogP contribution in [0.25, 0.3) is 0 Å². The number of amides is 1. The van der Waals surface area contributed by atoms with Crippen molar-refractivity contribution < 1.29 is 4.79 Å². The molecule has 0 radical (unpaired) electrons.